The Kier molecular flexibility index (Phi) is 3.68. The van der Waals surface area contributed by atoms with E-state index < -0.39 is 18.1 Å². The van der Waals surface area contributed by atoms with Crippen molar-refractivity contribution >= 4 is 12.1 Å². The number of amides is 1. The summed E-state index contributed by atoms with van der Waals surface area (Å²) in [5.74, 6) is -0.147. The molecule has 0 saturated heterocycles. The minimum Gasteiger partial charge on any atom is -0.491 e. The van der Waals surface area contributed by atoms with Crippen LogP contribution in [0.15, 0.2) is 24.3 Å². The molecule has 1 fully saturated rings. The van der Waals surface area contributed by atoms with Crippen molar-refractivity contribution in [1.29, 1.82) is 0 Å². The SMILES string of the molecule is O=C(O)C1c2ccccc2OCCN1C(=O)OCC1CC1. The van der Waals surface area contributed by atoms with Crippen LogP contribution in [0.1, 0.15) is 24.4 Å². The Morgan fingerprint density at radius 1 is 1.33 bits per heavy atom. The third-order valence-corrected chi connectivity index (χ3v) is 3.72. The van der Waals surface area contributed by atoms with Gasteiger partial charge in [0.05, 0.1) is 13.2 Å². The third kappa shape index (κ3) is 2.94. The summed E-state index contributed by atoms with van der Waals surface area (Å²) in [6.07, 6.45) is 1.55. The quantitative estimate of drug-likeness (QED) is 0.922. The van der Waals surface area contributed by atoms with Crippen LogP contribution in [0.4, 0.5) is 4.79 Å². The lowest BCUT2D eigenvalue weighted by molar-refractivity contribution is -0.143. The average molecular weight is 291 g/mol. The number of carboxylic acids is 1. The number of benzene rings is 1. The lowest BCUT2D eigenvalue weighted by Gasteiger charge is -2.26. The molecule has 1 aromatic rings. The van der Waals surface area contributed by atoms with Gasteiger partial charge in [-0.05, 0) is 24.8 Å². The highest BCUT2D eigenvalue weighted by molar-refractivity contribution is 5.82. The van der Waals surface area contributed by atoms with E-state index >= 15 is 0 Å². The minimum absolute atomic E-state index is 0.190. The fourth-order valence-electron chi connectivity index (χ4n) is 2.41. The molecule has 1 N–H and O–H groups in total. The summed E-state index contributed by atoms with van der Waals surface area (Å²) in [5, 5.41) is 9.51. The van der Waals surface area contributed by atoms with Gasteiger partial charge in [-0.1, -0.05) is 18.2 Å². The Hall–Kier alpha value is -2.24. The van der Waals surface area contributed by atoms with E-state index in [1.807, 2.05) is 0 Å². The molecule has 6 heteroatoms. The number of nitrogens with zero attached hydrogens (tertiary/aromatic N) is 1. The second-order valence-corrected chi connectivity index (χ2v) is 5.34. The standard InChI is InChI=1S/C15H17NO5/c17-14(18)13-11-3-1-2-4-12(11)20-8-7-16(13)15(19)21-9-10-5-6-10/h1-4,10,13H,5-9H2,(H,17,18). The van der Waals surface area contributed by atoms with Gasteiger partial charge in [0.1, 0.15) is 12.4 Å². The molecule has 0 bridgehead atoms. The van der Waals surface area contributed by atoms with Gasteiger partial charge in [0.2, 0.25) is 0 Å². The van der Waals surface area contributed by atoms with Gasteiger partial charge in [-0.25, -0.2) is 9.59 Å². The highest BCUT2D eigenvalue weighted by Gasteiger charge is 2.36. The number of hydrogen-bond acceptors (Lipinski definition) is 4. The number of carbonyl (C=O) groups is 2. The fourth-order valence-corrected chi connectivity index (χ4v) is 2.41. The van der Waals surface area contributed by atoms with E-state index in [-0.39, 0.29) is 13.2 Å². The maximum Gasteiger partial charge on any atom is 0.410 e. The Morgan fingerprint density at radius 2 is 2.10 bits per heavy atom. The van der Waals surface area contributed by atoms with E-state index in [0.717, 1.165) is 12.8 Å². The van der Waals surface area contributed by atoms with Crippen molar-refractivity contribution in [2.24, 2.45) is 5.92 Å². The number of fused-ring (bicyclic) bond motifs is 1. The number of carbonyl (C=O) groups excluding carboxylic acids is 1. The second-order valence-electron chi connectivity index (χ2n) is 5.34. The largest absolute Gasteiger partial charge is 0.491 e. The first-order valence-corrected chi connectivity index (χ1v) is 7.04. The second kappa shape index (κ2) is 5.63. The van der Waals surface area contributed by atoms with Crippen LogP contribution in [0.3, 0.4) is 0 Å². The van der Waals surface area contributed by atoms with Gasteiger partial charge in [-0.3, -0.25) is 4.90 Å². The maximum absolute atomic E-state index is 12.2. The van der Waals surface area contributed by atoms with Crippen molar-refractivity contribution in [1.82, 2.24) is 4.90 Å². The normalized spacial score (nSPS) is 21.0. The molecule has 1 aliphatic carbocycles. The van der Waals surface area contributed by atoms with Crippen LogP contribution in [0, 0.1) is 5.92 Å². The fraction of sp³-hybridized carbons (Fsp3) is 0.467. The van der Waals surface area contributed by atoms with Gasteiger partial charge in [-0.15, -0.1) is 0 Å². The highest BCUT2D eigenvalue weighted by atomic mass is 16.6. The maximum atomic E-state index is 12.2. The summed E-state index contributed by atoms with van der Waals surface area (Å²) in [4.78, 5) is 25.1. The first kappa shape index (κ1) is 13.7. The van der Waals surface area contributed by atoms with Gasteiger partial charge in [0.15, 0.2) is 6.04 Å². The van der Waals surface area contributed by atoms with Crippen LogP contribution in [-0.2, 0) is 9.53 Å². The van der Waals surface area contributed by atoms with Crippen LogP contribution in [-0.4, -0.2) is 41.8 Å². The number of aliphatic carboxylic acids is 1. The zero-order valence-corrected chi connectivity index (χ0v) is 11.5. The zero-order chi connectivity index (χ0) is 14.8. The summed E-state index contributed by atoms with van der Waals surface area (Å²) in [7, 11) is 0. The van der Waals surface area contributed by atoms with Crippen molar-refractivity contribution < 1.29 is 24.2 Å². The van der Waals surface area contributed by atoms with Gasteiger partial charge >= 0.3 is 12.1 Å². The van der Waals surface area contributed by atoms with Crippen molar-refractivity contribution in [2.75, 3.05) is 19.8 Å². The number of hydrogen-bond donors (Lipinski definition) is 1. The minimum atomic E-state index is -1.09. The first-order chi connectivity index (χ1) is 10.2. The lowest BCUT2D eigenvalue weighted by Crippen LogP contribution is -2.40. The van der Waals surface area contributed by atoms with Gasteiger partial charge in [0, 0.05) is 5.56 Å². The Bertz CT molecular complexity index is 555. The molecule has 1 aromatic carbocycles. The predicted octanol–water partition coefficient (Wildman–Crippen LogP) is 2.05. The average Bonchev–Trinajstić information content (AvgIpc) is 3.29. The number of ether oxygens (including phenoxy) is 2. The van der Waals surface area contributed by atoms with Crippen molar-refractivity contribution in [2.45, 2.75) is 18.9 Å². The monoisotopic (exact) mass is 291 g/mol. The van der Waals surface area contributed by atoms with E-state index in [0.29, 0.717) is 23.8 Å². The number of rotatable bonds is 3. The first-order valence-electron chi connectivity index (χ1n) is 7.04. The van der Waals surface area contributed by atoms with Crippen molar-refractivity contribution in [3.8, 4) is 5.75 Å². The Labute approximate surface area is 122 Å². The summed E-state index contributed by atoms with van der Waals surface area (Å²) in [6, 6.07) is 5.82. The molecule has 1 atom stereocenters. The Morgan fingerprint density at radius 3 is 2.81 bits per heavy atom. The molecular formula is C15H17NO5. The highest BCUT2D eigenvalue weighted by Crippen LogP contribution is 2.33. The zero-order valence-electron chi connectivity index (χ0n) is 11.5. The van der Waals surface area contributed by atoms with Crippen LogP contribution in [0.25, 0.3) is 0 Å². The number of carboxylic acid groups (broad SMARTS) is 1. The van der Waals surface area contributed by atoms with Gasteiger partial charge in [0.25, 0.3) is 0 Å². The van der Waals surface area contributed by atoms with E-state index in [1.165, 1.54) is 4.90 Å². The molecule has 2 aliphatic rings. The molecule has 1 heterocycles. The van der Waals surface area contributed by atoms with E-state index in [1.54, 1.807) is 24.3 Å². The summed E-state index contributed by atoms with van der Waals surface area (Å²) >= 11 is 0. The number of para-hydroxylation sites is 1. The van der Waals surface area contributed by atoms with Crippen LogP contribution in [0.2, 0.25) is 0 Å². The topological polar surface area (TPSA) is 76.1 Å². The molecule has 0 spiro atoms. The van der Waals surface area contributed by atoms with E-state index in [4.69, 9.17) is 9.47 Å². The predicted molar refractivity (Wildman–Crippen MR) is 73.1 cm³/mol. The Balaban J connectivity index is 1.84. The molecule has 1 unspecified atom stereocenters. The molecular weight excluding hydrogens is 274 g/mol. The summed E-state index contributed by atoms with van der Waals surface area (Å²) in [6.45, 7) is 0.804. The molecule has 6 nitrogen and oxygen atoms in total. The molecule has 3 rings (SSSR count). The van der Waals surface area contributed by atoms with Crippen LogP contribution < -0.4 is 4.74 Å². The summed E-state index contributed by atoms with van der Waals surface area (Å²) in [5.41, 5.74) is 0.478. The third-order valence-electron chi connectivity index (χ3n) is 3.72. The molecule has 1 saturated carbocycles. The van der Waals surface area contributed by atoms with Gasteiger partial charge in [-0.2, -0.15) is 0 Å². The summed E-state index contributed by atoms with van der Waals surface area (Å²) < 4.78 is 10.8. The van der Waals surface area contributed by atoms with Crippen LogP contribution in [0.5, 0.6) is 5.75 Å². The van der Waals surface area contributed by atoms with Crippen molar-refractivity contribution in [3.05, 3.63) is 29.8 Å². The molecule has 1 aliphatic heterocycles. The molecule has 21 heavy (non-hydrogen) atoms. The smallest absolute Gasteiger partial charge is 0.410 e. The molecule has 112 valence electrons. The van der Waals surface area contributed by atoms with Crippen LogP contribution >= 0.6 is 0 Å². The van der Waals surface area contributed by atoms with E-state index in [2.05, 4.69) is 0 Å². The van der Waals surface area contributed by atoms with E-state index in [9.17, 15) is 14.7 Å². The lowest BCUT2D eigenvalue weighted by atomic mass is 10.1. The molecule has 1 amide bonds. The molecule has 0 aromatic heterocycles. The van der Waals surface area contributed by atoms with Gasteiger partial charge < -0.3 is 14.6 Å². The molecule has 0 radical (unpaired) electrons. The van der Waals surface area contributed by atoms with Crippen molar-refractivity contribution in [3.63, 3.8) is 0 Å².